The van der Waals surface area contributed by atoms with Crippen molar-refractivity contribution in [2.75, 3.05) is 0 Å². The van der Waals surface area contributed by atoms with Gasteiger partial charge in [0.05, 0.1) is 5.56 Å². The van der Waals surface area contributed by atoms with Crippen LogP contribution in [0.3, 0.4) is 0 Å². The van der Waals surface area contributed by atoms with Crippen molar-refractivity contribution in [2.45, 2.75) is 24.4 Å². The molecule has 0 bridgehead atoms. The minimum absolute atomic E-state index is 0.207. The van der Waals surface area contributed by atoms with Crippen LogP contribution in [0.25, 0.3) is 11.5 Å². The fraction of sp³-hybridized carbons (Fsp3) is 0.200. The molecule has 0 radical (unpaired) electrons. The van der Waals surface area contributed by atoms with E-state index in [9.17, 15) is 8.42 Å². The van der Waals surface area contributed by atoms with E-state index in [-0.39, 0.29) is 11.0 Å². The van der Waals surface area contributed by atoms with Gasteiger partial charge in [0.2, 0.25) is 5.09 Å². The molecule has 2 N–H and O–H groups in total. The molecule has 0 aliphatic carbocycles. The van der Waals surface area contributed by atoms with E-state index in [0.717, 1.165) is 12.8 Å². The molecule has 0 fully saturated rings. The number of primary sulfonamides is 1. The summed E-state index contributed by atoms with van der Waals surface area (Å²) >= 11 is 0. The van der Waals surface area contributed by atoms with E-state index in [4.69, 9.17) is 14.1 Å². The molecule has 0 unspecified atom stereocenters. The van der Waals surface area contributed by atoms with E-state index in [0.29, 0.717) is 17.8 Å². The van der Waals surface area contributed by atoms with Crippen molar-refractivity contribution in [3.05, 3.63) is 54.0 Å². The van der Waals surface area contributed by atoms with Crippen LogP contribution in [-0.4, -0.2) is 18.6 Å². The van der Waals surface area contributed by atoms with Crippen LogP contribution in [0.4, 0.5) is 0 Å². The Bertz CT molecular complexity index is 884. The Labute approximate surface area is 133 Å². The lowest BCUT2D eigenvalue weighted by atomic mass is 10.1. The number of aromatic nitrogens is 2. The highest BCUT2D eigenvalue weighted by atomic mass is 32.2. The Morgan fingerprint density at radius 1 is 1.13 bits per heavy atom. The fourth-order valence-electron chi connectivity index (χ4n) is 2.15. The summed E-state index contributed by atoms with van der Waals surface area (Å²) < 4.78 is 32.4. The van der Waals surface area contributed by atoms with Gasteiger partial charge in [0.25, 0.3) is 15.9 Å². The predicted molar refractivity (Wildman–Crippen MR) is 81.8 cm³/mol. The maximum Gasteiger partial charge on any atom is 0.271 e. The van der Waals surface area contributed by atoms with E-state index in [1.807, 2.05) is 18.2 Å². The van der Waals surface area contributed by atoms with Crippen LogP contribution in [0.2, 0.25) is 0 Å². The van der Waals surface area contributed by atoms with Gasteiger partial charge in [-0.25, -0.2) is 13.6 Å². The molecular weight excluding hydrogens is 318 g/mol. The predicted octanol–water partition coefficient (Wildman–Crippen LogP) is 2.15. The molecule has 7 nitrogen and oxygen atoms in total. The van der Waals surface area contributed by atoms with Gasteiger partial charge in [-0.15, -0.1) is 0 Å². The summed E-state index contributed by atoms with van der Waals surface area (Å²) in [5, 5.41) is 8.54. The van der Waals surface area contributed by atoms with Crippen LogP contribution in [0.15, 0.2) is 56.7 Å². The zero-order chi connectivity index (χ0) is 16.3. The largest absolute Gasteiger partial charge is 0.451 e. The van der Waals surface area contributed by atoms with Crippen molar-refractivity contribution in [1.29, 1.82) is 0 Å². The van der Waals surface area contributed by atoms with Crippen molar-refractivity contribution in [1.82, 2.24) is 10.1 Å². The van der Waals surface area contributed by atoms with E-state index in [1.165, 1.54) is 17.9 Å². The number of furan rings is 1. The van der Waals surface area contributed by atoms with Gasteiger partial charge in [-0.05, 0) is 18.4 Å². The summed E-state index contributed by atoms with van der Waals surface area (Å²) in [7, 11) is -3.88. The van der Waals surface area contributed by atoms with Gasteiger partial charge in [-0.3, -0.25) is 0 Å². The number of rotatable bonds is 6. The third-order valence-electron chi connectivity index (χ3n) is 3.28. The van der Waals surface area contributed by atoms with Crippen molar-refractivity contribution in [3.8, 4) is 11.5 Å². The number of aryl methyl sites for hydroxylation is 2. The van der Waals surface area contributed by atoms with Crippen LogP contribution in [0, 0.1) is 0 Å². The van der Waals surface area contributed by atoms with Gasteiger partial charge in [-0.2, -0.15) is 4.98 Å². The highest BCUT2D eigenvalue weighted by Crippen LogP contribution is 2.22. The Kier molecular flexibility index (Phi) is 4.26. The molecule has 0 aliphatic rings. The Morgan fingerprint density at radius 3 is 2.61 bits per heavy atom. The van der Waals surface area contributed by atoms with Gasteiger partial charge in [0.1, 0.15) is 6.26 Å². The van der Waals surface area contributed by atoms with Crippen LogP contribution in [0.5, 0.6) is 0 Å². The molecule has 0 saturated carbocycles. The topological polar surface area (TPSA) is 112 Å². The molecule has 3 aromatic rings. The molecule has 0 amide bonds. The first kappa shape index (κ1) is 15.4. The van der Waals surface area contributed by atoms with Crippen molar-refractivity contribution < 1.29 is 17.4 Å². The number of nitrogens with two attached hydrogens (primary N) is 1. The standard InChI is InChI=1S/C15H15N3O4S/c16-23(19,20)14-9-12(10-21-14)15-17-13(18-22-15)8-4-7-11-5-2-1-3-6-11/h1-3,5-6,9-10H,4,7-8H2,(H2,16,19,20). The molecule has 2 aromatic heterocycles. The molecule has 2 heterocycles. The molecule has 0 atom stereocenters. The highest BCUT2D eigenvalue weighted by Gasteiger charge is 2.17. The molecule has 0 spiro atoms. The third-order valence-corrected chi connectivity index (χ3v) is 4.05. The van der Waals surface area contributed by atoms with E-state index in [1.54, 1.807) is 0 Å². The first-order chi connectivity index (χ1) is 11.0. The Balaban J connectivity index is 1.63. The summed E-state index contributed by atoms with van der Waals surface area (Å²) in [6.07, 6.45) is 3.70. The second-order valence-electron chi connectivity index (χ2n) is 5.05. The second-order valence-corrected chi connectivity index (χ2v) is 6.55. The molecule has 1 aromatic carbocycles. The lowest BCUT2D eigenvalue weighted by molar-refractivity contribution is 0.420. The minimum Gasteiger partial charge on any atom is -0.451 e. The Hall–Kier alpha value is -2.45. The number of benzene rings is 1. The summed E-state index contributed by atoms with van der Waals surface area (Å²) in [5.41, 5.74) is 1.64. The first-order valence-corrected chi connectivity index (χ1v) is 8.55. The molecule has 0 aliphatic heterocycles. The maximum atomic E-state index is 11.2. The molecule has 120 valence electrons. The first-order valence-electron chi connectivity index (χ1n) is 7.00. The van der Waals surface area contributed by atoms with Crippen LogP contribution in [-0.2, 0) is 22.9 Å². The lowest BCUT2D eigenvalue weighted by Crippen LogP contribution is -2.10. The van der Waals surface area contributed by atoms with Gasteiger partial charge in [0.15, 0.2) is 5.82 Å². The van der Waals surface area contributed by atoms with Crippen molar-refractivity contribution >= 4 is 10.0 Å². The average molecular weight is 333 g/mol. The molecular formula is C15H15N3O4S. The number of hydrogen-bond acceptors (Lipinski definition) is 6. The number of hydrogen-bond donors (Lipinski definition) is 1. The SMILES string of the molecule is NS(=O)(=O)c1cc(-c2nc(CCCc3ccccc3)no2)co1. The molecule has 23 heavy (non-hydrogen) atoms. The van der Waals surface area contributed by atoms with Gasteiger partial charge < -0.3 is 8.94 Å². The zero-order valence-corrected chi connectivity index (χ0v) is 13.0. The van der Waals surface area contributed by atoms with Crippen LogP contribution in [0.1, 0.15) is 17.8 Å². The van der Waals surface area contributed by atoms with Gasteiger partial charge in [0, 0.05) is 12.5 Å². The highest BCUT2D eigenvalue weighted by molar-refractivity contribution is 7.89. The number of nitrogens with zero attached hydrogens (tertiary/aromatic N) is 2. The van der Waals surface area contributed by atoms with Crippen molar-refractivity contribution in [2.24, 2.45) is 5.14 Å². The smallest absolute Gasteiger partial charge is 0.271 e. The summed E-state index contributed by atoms with van der Waals surface area (Å²) in [6.45, 7) is 0. The second kappa shape index (κ2) is 6.35. The van der Waals surface area contributed by atoms with Gasteiger partial charge >= 0.3 is 0 Å². The average Bonchev–Trinajstić information content (AvgIpc) is 3.16. The maximum absolute atomic E-state index is 11.2. The number of sulfonamides is 1. The monoisotopic (exact) mass is 333 g/mol. The van der Waals surface area contributed by atoms with Gasteiger partial charge in [-0.1, -0.05) is 35.5 Å². The normalized spacial score (nSPS) is 11.7. The quantitative estimate of drug-likeness (QED) is 0.739. The summed E-state index contributed by atoms with van der Waals surface area (Å²) in [4.78, 5) is 4.23. The van der Waals surface area contributed by atoms with E-state index >= 15 is 0 Å². The van der Waals surface area contributed by atoms with Crippen LogP contribution >= 0.6 is 0 Å². The van der Waals surface area contributed by atoms with Crippen LogP contribution < -0.4 is 5.14 Å². The van der Waals surface area contributed by atoms with Crippen molar-refractivity contribution in [3.63, 3.8) is 0 Å². The molecule has 3 rings (SSSR count). The Morgan fingerprint density at radius 2 is 1.91 bits per heavy atom. The fourth-order valence-corrected chi connectivity index (χ4v) is 2.62. The lowest BCUT2D eigenvalue weighted by Gasteiger charge is -1.98. The summed E-state index contributed by atoms with van der Waals surface area (Å²) in [5.74, 6) is 0.771. The summed E-state index contributed by atoms with van der Waals surface area (Å²) in [6, 6.07) is 11.4. The molecule has 0 saturated heterocycles. The van der Waals surface area contributed by atoms with E-state index < -0.39 is 10.0 Å². The molecule has 8 heteroatoms. The zero-order valence-electron chi connectivity index (χ0n) is 12.2. The minimum atomic E-state index is -3.88. The van der Waals surface area contributed by atoms with E-state index in [2.05, 4.69) is 22.3 Å². The third kappa shape index (κ3) is 3.85.